The number of nitrogens with one attached hydrogen (secondary N) is 1. The second-order valence-electron chi connectivity index (χ2n) is 6.91. The molecule has 5 rings (SSSR count). The van der Waals surface area contributed by atoms with Crippen molar-refractivity contribution in [3.8, 4) is 28.4 Å². The summed E-state index contributed by atoms with van der Waals surface area (Å²) in [5.41, 5.74) is 2.85. The molecule has 0 bridgehead atoms. The van der Waals surface area contributed by atoms with Gasteiger partial charge in [-0.15, -0.1) is 0 Å². The van der Waals surface area contributed by atoms with Crippen molar-refractivity contribution in [3.63, 3.8) is 0 Å². The molecule has 0 saturated heterocycles. The molecule has 0 spiro atoms. The van der Waals surface area contributed by atoms with Crippen LogP contribution in [0.2, 0.25) is 0 Å². The molecule has 0 aliphatic carbocycles. The minimum Gasteiger partial charge on any atom is -0.485 e. The average molecular weight is 392 g/mol. The Hall–Kier alpha value is -3.61. The lowest BCUT2D eigenvalue weighted by atomic mass is 10.0. The zero-order valence-corrected chi connectivity index (χ0v) is 15.4. The zero-order valence-electron chi connectivity index (χ0n) is 15.4. The second-order valence-corrected chi connectivity index (χ2v) is 6.91. The van der Waals surface area contributed by atoms with E-state index in [1.165, 1.54) is 6.07 Å². The van der Waals surface area contributed by atoms with Crippen LogP contribution in [0.4, 0.5) is 4.39 Å². The van der Waals surface area contributed by atoms with Gasteiger partial charge in [0, 0.05) is 35.5 Å². The van der Waals surface area contributed by atoms with Crippen molar-refractivity contribution in [1.82, 2.24) is 10.3 Å². The van der Waals surface area contributed by atoms with Gasteiger partial charge in [0.15, 0.2) is 23.1 Å². The molecule has 0 fully saturated rings. The fourth-order valence-corrected chi connectivity index (χ4v) is 3.55. The van der Waals surface area contributed by atoms with Crippen LogP contribution in [0.1, 0.15) is 15.9 Å². The number of hydrogen-bond donors (Lipinski definition) is 1. The normalized spacial score (nSPS) is 16.2. The van der Waals surface area contributed by atoms with Crippen LogP contribution in [-0.4, -0.2) is 30.3 Å². The van der Waals surface area contributed by atoms with Gasteiger partial charge in [-0.1, -0.05) is 6.07 Å². The van der Waals surface area contributed by atoms with E-state index in [0.29, 0.717) is 23.5 Å². The van der Waals surface area contributed by atoms with Crippen molar-refractivity contribution in [2.75, 3.05) is 13.3 Å². The lowest BCUT2D eigenvalue weighted by molar-refractivity contribution is 0.0932. The number of halogens is 1. The van der Waals surface area contributed by atoms with Crippen molar-refractivity contribution in [1.29, 1.82) is 0 Å². The zero-order chi connectivity index (χ0) is 19.8. The number of rotatable bonds is 4. The van der Waals surface area contributed by atoms with E-state index in [4.69, 9.17) is 14.2 Å². The molecule has 2 aliphatic heterocycles. The molecule has 29 heavy (non-hydrogen) atoms. The van der Waals surface area contributed by atoms with Crippen LogP contribution in [-0.2, 0) is 6.42 Å². The average Bonchev–Trinajstić information content (AvgIpc) is 3.39. The highest BCUT2D eigenvalue weighted by Crippen LogP contribution is 2.36. The fourth-order valence-electron chi connectivity index (χ4n) is 3.55. The van der Waals surface area contributed by atoms with Gasteiger partial charge in [-0.05, 0) is 42.0 Å². The van der Waals surface area contributed by atoms with Gasteiger partial charge in [-0.2, -0.15) is 0 Å². The van der Waals surface area contributed by atoms with Crippen LogP contribution < -0.4 is 19.5 Å². The fraction of sp³-hybridized carbons (Fsp3) is 0.182. The van der Waals surface area contributed by atoms with E-state index in [9.17, 15) is 9.18 Å². The summed E-state index contributed by atoms with van der Waals surface area (Å²) in [6, 6.07) is 12.1. The number of benzene rings is 2. The van der Waals surface area contributed by atoms with Crippen LogP contribution in [0.3, 0.4) is 0 Å². The molecule has 3 aromatic rings. The third-order valence-electron chi connectivity index (χ3n) is 4.97. The largest absolute Gasteiger partial charge is 0.485 e. The predicted molar refractivity (Wildman–Crippen MR) is 103 cm³/mol. The first-order valence-electron chi connectivity index (χ1n) is 9.25. The number of carbonyl (C=O) groups is 1. The Kier molecular flexibility index (Phi) is 4.27. The Balaban J connectivity index is 1.26. The maximum Gasteiger partial charge on any atom is 0.251 e. The number of ether oxygens (including phenoxy) is 3. The number of pyridine rings is 1. The van der Waals surface area contributed by atoms with Crippen molar-refractivity contribution in [2.24, 2.45) is 0 Å². The first-order chi connectivity index (χ1) is 14.2. The molecule has 1 aromatic heterocycles. The standard InChI is InChI=1S/C22H17FN2O4/c23-18-8-15(14-2-1-5-24-10-14)6-16-7-17(29-21(16)18)11-25-22(26)13-3-4-19-20(9-13)28-12-27-19/h1-6,8-10,17H,7,11-12H2,(H,25,26)/t17-/m1/s1. The van der Waals surface area contributed by atoms with E-state index >= 15 is 0 Å². The molecular weight excluding hydrogens is 375 g/mol. The van der Waals surface area contributed by atoms with Gasteiger partial charge in [0.1, 0.15) is 6.10 Å². The highest BCUT2D eigenvalue weighted by atomic mass is 19.1. The first kappa shape index (κ1) is 17.5. The molecule has 1 atom stereocenters. The number of fused-ring (bicyclic) bond motifs is 2. The van der Waals surface area contributed by atoms with Crippen molar-refractivity contribution in [2.45, 2.75) is 12.5 Å². The van der Waals surface area contributed by atoms with Gasteiger partial charge >= 0.3 is 0 Å². The highest BCUT2D eigenvalue weighted by Gasteiger charge is 2.27. The molecule has 3 heterocycles. The molecule has 0 saturated carbocycles. The Morgan fingerprint density at radius 3 is 2.90 bits per heavy atom. The smallest absolute Gasteiger partial charge is 0.251 e. The summed E-state index contributed by atoms with van der Waals surface area (Å²) in [5, 5.41) is 2.84. The molecule has 0 unspecified atom stereocenters. The summed E-state index contributed by atoms with van der Waals surface area (Å²) in [4.78, 5) is 16.5. The summed E-state index contributed by atoms with van der Waals surface area (Å²) >= 11 is 0. The summed E-state index contributed by atoms with van der Waals surface area (Å²) in [6.07, 6.45) is 3.55. The monoisotopic (exact) mass is 392 g/mol. The van der Waals surface area contributed by atoms with Crippen molar-refractivity contribution < 1.29 is 23.4 Å². The van der Waals surface area contributed by atoms with E-state index in [1.54, 1.807) is 30.6 Å². The minimum atomic E-state index is -0.411. The van der Waals surface area contributed by atoms with Gasteiger partial charge in [0.2, 0.25) is 6.79 Å². The molecule has 7 heteroatoms. The minimum absolute atomic E-state index is 0.154. The summed E-state index contributed by atoms with van der Waals surface area (Å²) in [6.45, 7) is 0.421. The van der Waals surface area contributed by atoms with Crippen LogP contribution in [0.15, 0.2) is 54.9 Å². The summed E-state index contributed by atoms with van der Waals surface area (Å²) in [5.74, 6) is 0.758. The molecule has 6 nitrogen and oxygen atoms in total. The van der Waals surface area contributed by atoms with Gasteiger partial charge < -0.3 is 19.5 Å². The SMILES string of the molecule is O=C(NC[C@H]1Cc2cc(-c3cccnc3)cc(F)c2O1)c1ccc2c(c1)OCO2. The van der Waals surface area contributed by atoms with Gasteiger partial charge in [-0.25, -0.2) is 4.39 Å². The first-order valence-corrected chi connectivity index (χ1v) is 9.25. The van der Waals surface area contributed by atoms with Gasteiger partial charge in [0.25, 0.3) is 5.91 Å². The molecule has 0 radical (unpaired) electrons. The lowest BCUT2D eigenvalue weighted by Crippen LogP contribution is -2.34. The Morgan fingerprint density at radius 1 is 1.14 bits per heavy atom. The Labute approximate surface area is 166 Å². The van der Waals surface area contributed by atoms with Gasteiger partial charge in [-0.3, -0.25) is 9.78 Å². The van der Waals surface area contributed by atoms with Crippen LogP contribution in [0.5, 0.6) is 17.2 Å². The number of nitrogens with zero attached hydrogens (tertiary/aromatic N) is 1. The van der Waals surface area contributed by atoms with Crippen LogP contribution >= 0.6 is 0 Å². The molecule has 2 aromatic carbocycles. The van der Waals surface area contributed by atoms with Crippen molar-refractivity contribution >= 4 is 5.91 Å². The van der Waals surface area contributed by atoms with E-state index in [2.05, 4.69) is 10.3 Å². The lowest BCUT2D eigenvalue weighted by Gasteiger charge is -2.12. The second kappa shape index (κ2) is 7.09. The molecule has 1 amide bonds. The summed E-state index contributed by atoms with van der Waals surface area (Å²) < 4.78 is 30.8. The number of carbonyl (C=O) groups excluding carboxylic acids is 1. The number of amides is 1. The Morgan fingerprint density at radius 2 is 2.03 bits per heavy atom. The van der Waals surface area contributed by atoms with Gasteiger partial charge in [0.05, 0.1) is 6.54 Å². The van der Waals surface area contributed by atoms with E-state index < -0.39 is 5.82 Å². The topological polar surface area (TPSA) is 69.7 Å². The van der Waals surface area contributed by atoms with Crippen molar-refractivity contribution in [3.05, 3.63) is 71.8 Å². The maximum absolute atomic E-state index is 14.5. The van der Waals surface area contributed by atoms with E-state index in [0.717, 1.165) is 16.7 Å². The molecule has 1 N–H and O–H groups in total. The number of hydrogen-bond acceptors (Lipinski definition) is 5. The maximum atomic E-state index is 14.5. The van der Waals surface area contributed by atoms with Crippen LogP contribution in [0, 0.1) is 5.82 Å². The molecule has 2 aliphatic rings. The molecular formula is C22H17FN2O4. The summed E-state index contributed by atoms with van der Waals surface area (Å²) in [7, 11) is 0. The predicted octanol–water partition coefficient (Wildman–Crippen LogP) is 3.35. The third kappa shape index (κ3) is 3.35. The van der Waals surface area contributed by atoms with E-state index in [-0.39, 0.29) is 31.1 Å². The Bertz CT molecular complexity index is 1090. The van der Waals surface area contributed by atoms with E-state index in [1.807, 2.05) is 18.2 Å². The van der Waals surface area contributed by atoms with Crippen LogP contribution in [0.25, 0.3) is 11.1 Å². The highest BCUT2D eigenvalue weighted by molar-refractivity contribution is 5.95. The third-order valence-corrected chi connectivity index (χ3v) is 4.97. The number of aromatic nitrogens is 1. The quantitative estimate of drug-likeness (QED) is 0.738. The molecule has 146 valence electrons.